The van der Waals surface area contributed by atoms with Gasteiger partial charge in [-0.3, -0.25) is 4.79 Å². The topological polar surface area (TPSA) is 113 Å². The van der Waals surface area contributed by atoms with Crippen LogP contribution in [0.5, 0.6) is 0 Å². The fraction of sp³-hybridized carbons (Fsp3) is 0.750. The molecule has 0 bridgehead atoms. The number of hydrogen-bond donors (Lipinski definition) is 3. The second kappa shape index (κ2) is 5.58. The van der Waals surface area contributed by atoms with Gasteiger partial charge in [0.1, 0.15) is 17.8 Å². The standard InChI is InChI=1S/C16H22O7/c1-7(18)22-12-5-11(19)9-4-3-8-10(6-17)15(20)23-14(8)13(9)16(12,2)21/h9,11-14,17,19,21H,3-6H2,1-2H3. The van der Waals surface area contributed by atoms with Gasteiger partial charge in [0.05, 0.1) is 18.3 Å². The van der Waals surface area contributed by atoms with Gasteiger partial charge in [-0.25, -0.2) is 4.79 Å². The Kier molecular flexibility index (Phi) is 3.98. The van der Waals surface area contributed by atoms with Crippen molar-refractivity contribution in [1.29, 1.82) is 0 Å². The SMILES string of the molecule is CC(=O)OC1CC(O)C2CCC3=C(CO)C(=O)OC3C2C1(C)O. The van der Waals surface area contributed by atoms with Crippen LogP contribution in [0.25, 0.3) is 0 Å². The van der Waals surface area contributed by atoms with Crippen LogP contribution in [0.15, 0.2) is 11.1 Å². The maximum Gasteiger partial charge on any atom is 0.337 e. The first kappa shape index (κ1) is 16.4. The molecule has 0 radical (unpaired) electrons. The number of aliphatic hydroxyl groups is 3. The highest BCUT2D eigenvalue weighted by molar-refractivity contribution is 5.92. The van der Waals surface area contributed by atoms with Crippen molar-refractivity contribution < 1.29 is 34.4 Å². The number of fused-ring (bicyclic) bond motifs is 3. The summed E-state index contributed by atoms with van der Waals surface area (Å²) in [6, 6.07) is 0. The molecule has 2 fully saturated rings. The zero-order chi connectivity index (χ0) is 16.9. The molecule has 2 aliphatic carbocycles. The van der Waals surface area contributed by atoms with Crippen LogP contribution in [0, 0.1) is 11.8 Å². The summed E-state index contributed by atoms with van der Waals surface area (Å²) in [4.78, 5) is 23.2. The highest BCUT2D eigenvalue weighted by Gasteiger charge is 2.60. The Morgan fingerprint density at radius 2 is 2.17 bits per heavy atom. The van der Waals surface area contributed by atoms with Crippen molar-refractivity contribution in [1.82, 2.24) is 0 Å². The number of rotatable bonds is 2. The average Bonchev–Trinajstić information content (AvgIpc) is 2.78. The first-order valence-corrected chi connectivity index (χ1v) is 7.88. The summed E-state index contributed by atoms with van der Waals surface area (Å²) >= 11 is 0. The van der Waals surface area contributed by atoms with Gasteiger partial charge in [0.25, 0.3) is 0 Å². The molecule has 0 saturated heterocycles. The molecule has 7 heteroatoms. The predicted molar refractivity (Wildman–Crippen MR) is 77.0 cm³/mol. The molecule has 1 heterocycles. The highest BCUT2D eigenvalue weighted by atomic mass is 16.6. The van der Waals surface area contributed by atoms with Crippen molar-refractivity contribution in [2.75, 3.05) is 6.61 Å². The molecule has 7 nitrogen and oxygen atoms in total. The van der Waals surface area contributed by atoms with Gasteiger partial charge in [-0.2, -0.15) is 0 Å². The van der Waals surface area contributed by atoms with Crippen LogP contribution in [-0.4, -0.2) is 57.8 Å². The van der Waals surface area contributed by atoms with Gasteiger partial charge < -0.3 is 24.8 Å². The van der Waals surface area contributed by atoms with Crippen LogP contribution in [0.4, 0.5) is 0 Å². The van der Waals surface area contributed by atoms with Gasteiger partial charge in [-0.05, 0) is 31.3 Å². The van der Waals surface area contributed by atoms with E-state index in [1.807, 2.05) is 0 Å². The summed E-state index contributed by atoms with van der Waals surface area (Å²) in [6.45, 7) is 2.40. The highest BCUT2D eigenvalue weighted by Crippen LogP contribution is 2.51. The van der Waals surface area contributed by atoms with Crippen LogP contribution in [0.2, 0.25) is 0 Å². The van der Waals surface area contributed by atoms with E-state index in [2.05, 4.69) is 0 Å². The summed E-state index contributed by atoms with van der Waals surface area (Å²) in [5, 5.41) is 30.8. The third-order valence-electron chi connectivity index (χ3n) is 5.49. The monoisotopic (exact) mass is 326 g/mol. The van der Waals surface area contributed by atoms with E-state index in [0.717, 1.165) is 0 Å². The van der Waals surface area contributed by atoms with Gasteiger partial charge >= 0.3 is 11.9 Å². The van der Waals surface area contributed by atoms with Gasteiger partial charge in [-0.1, -0.05) is 0 Å². The van der Waals surface area contributed by atoms with E-state index >= 15 is 0 Å². The zero-order valence-electron chi connectivity index (χ0n) is 13.2. The van der Waals surface area contributed by atoms with E-state index in [1.54, 1.807) is 6.92 Å². The molecule has 6 atom stereocenters. The lowest BCUT2D eigenvalue weighted by atomic mass is 9.59. The minimum Gasteiger partial charge on any atom is -0.459 e. The number of hydrogen-bond acceptors (Lipinski definition) is 7. The van der Waals surface area contributed by atoms with Crippen LogP contribution in [0.3, 0.4) is 0 Å². The number of esters is 2. The first-order chi connectivity index (χ1) is 10.8. The molecule has 3 rings (SSSR count). The van der Waals surface area contributed by atoms with Gasteiger partial charge in [0, 0.05) is 19.3 Å². The second-order valence-electron chi connectivity index (χ2n) is 6.84. The molecule has 6 unspecified atom stereocenters. The molecule has 1 aliphatic heterocycles. The smallest absolute Gasteiger partial charge is 0.337 e. The lowest BCUT2D eigenvalue weighted by Gasteiger charge is -2.52. The van der Waals surface area contributed by atoms with Gasteiger partial charge in [-0.15, -0.1) is 0 Å². The van der Waals surface area contributed by atoms with E-state index in [-0.39, 0.29) is 17.9 Å². The Morgan fingerprint density at radius 3 is 2.78 bits per heavy atom. The molecular formula is C16H22O7. The van der Waals surface area contributed by atoms with Crippen LogP contribution < -0.4 is 0 Å². The molecule has 0 spiro atoms. The molecule has 0 amide bonds. The summed E-state index contributed by atoms with van der Waals surface area (Å²) in [7, 11) is 0. The van der Waals surface area contributed by atoms with E-state index in [4.69, 9.17) is 9.47 Å². The Hall–Kier alpha value is -1.44. The van der Waals surface area contributed by atoms with Crippen LogP contribution in [-0.2, 0) is 19.1 Å². The normalized spacial score (nSPS) is 42.8. The predicted octanol–water partition coefficient (Wildman–Crippen LogP) is -0.326. The Bertz CT molecular complexity index is 565. The zero-order valence-corrected chi connectivity index (χ0v) is 13.2. The molecule has 0 aromatic rings. The number of carbonyl (C=O) groups is 2. The summed E-state index contributed by atoms with van der Waals surface area (Å²) in [5.41, 5.74) is -0.500. The van der Waals surface area contributed by atoms with E-state index in [1.165, 1.54) is 6.92 Å². The minimum absolute atomic E-state index is 0.153. The molecule has 128 valence electrons. The molecule has 0 aromatic heterocycles. The molecule has 3 aliphatic rings. The third kappa shape index (κ3) is 2.47. The van der Waals surface area contributed by atoms with Crippen molar-refractivity contribution in [2.45, 2.75) is 57.0 Å². The Balaban J connectivity index is 1.98. The quantitative estimate of drug-likeness (QED) is 0.596. The largest absolute Gasteiger partial charge is 0.459 e. The van der Waals surface area contributed by atoms with Crippen molar-refractivity contribution in [3.05, 3.63) is 11.1 Å². The molecule has 0 aromatic carbocycles. The summed E-state index contributed by atoms with van der Waals surface area (Å²) in [5.74, 6) is -1.94. The first-order valence-electron chi connectivity index (χ1n) is 7.88. The Labute approximate surface area is 133 Å². The molecular weight excluding hydrogens is 304 g/mol. The maximum atomic E-state index is 11.9. The Morgan fingerprint density at radius 1 is 1.48 bits per heavy atom. The van der Waals surface area contributed by atoms with Crippen molar-refractivity contribution >= 4 is 11.9 Å². The maximum absolute atomic E-state index is 11.9. The summed E-state index contributed by atoms with van der Waals surface area (Å²) in [6.07, 6.45) is -1.03. The number of ether oxygens (including phenoxy) is 2. The lowest BCUT2D eigenvalue weighted by molar-refractivity contribution is -0.219. The van der Waals surface area contributed by atoms with E-state index in [0.29, 0.717) is 18.4 Å². The van der Waals surface area contributed by atoms with E-state index in [9.17, 15) is 24.9 Å². The number of aliphatic hydroxyl groups excluding tert-OH is 2. The fourth-order valence-electron chi connectivity index (χ4n) is 4.42. The van der Waals surface area contributed by atoms with E-state index < -0.39 is 48.4 Å². The molecule has 3 N–H and O–H groups in total. The summed E-state index contributed by atoms with van der Waals surface area (Å²) < 4.78 is 10.6. The van der Waals surface area contributed by atoms with Crippen LogP contribution in [0.1, 0.15) is 33.1 Å². The van der Waals surface area contributed by atoms with Crippen molar-refractivity contribution in [2.24, 2.45) is 11.8 Å². The number of carbonyl (C=O) groups excluding carboxylic acids is 2. The van der Waals surface area contributed by atoms with Gasteiger partial charge in [0.2, 0.25) is 0 Å². The van der Waals surface area contributed by atoms with Crippen molar-refractivity contribution in [3.63, 3.8) is 0 Å². The van der Waals surface area contributed by atoms with Crippen LogP contribution >= 0.6 is 0 Å². The fourth-order valence-corrected chi connectivity index (χ4v) is 4.42. The average molecular weight is 326 g/mol. The van der Waals surface area contributed by atoms with Gasteiger partial charge in [0.15, 0.2) is 0 Å². The van der Waals surface area contributed by atoms with Crippen molar-refractivity contribution in [3.8, 4) is 0 Å². The molecule has 2 saturated carbocycles. The molecule has 23 heavy (non-hydrogen) atoms. The third-order valence-corrected chi connectivity index (χ3v) is 5.49. The lowest BCUT2D eigenvalue weighted by Crippen LogP contribution is -2.63. The minimum atomic E-state index is -1.43. The second-order valence-corrected chi connectivity index (χ2v) is 6.84.